The van der Waals surface area contributed by atoms with E-state index < -0.39 is 5.91 Å². The highest BCUT2D eigenvalue weighted by Crippen LogP contribution is 2.35. The number of nitrogens with two attached hydrogens (primary N) is 1. The molecular formula is C26H23FN4O. The van der Waals surface area contributed by atoms with Crippen LogP contribution >= 0.6 is 0 Å². The van der Waals surface area contributed by atoms with E-state index in [1.165, 1.54) is 6.07 Å². The summed E-state index contributed by atoms with van der Waals surface area (Å²) >= 11 is 0. The lowest BCUT2D eigenvalue weighted by Crippen LogP contribution is -2.18. The summed E-state index contributed by atoms with van der Waals surface area (Å²) in [6.07, 6.45) is 0. The number of hydrogen-bond donors (Lipinski definition) is 1. The largest absolute Gasteiger partial charge is 0.366 e. The second-order valence-corrected chi connectivity index (χ2v) is 8.15. The smallest absolute Gasteiger partial charge is 0.249 e. The Hall–Kier alpha value is -3.77. The molecule has 1 aromatic heterocycles. The van der Waals surface area contributed by atoms with Crippen molar-refractivity contribution in [1.29, 1.82) is 0 Å². The van der Waals surface area contributed by atoms with Crippen LogP contribution in [0.15, 0.2) is 72.8 Å². The fourth-order valence-corrected chi connectivity index (χ4v) is 4.52. The molecule has 5 nitrogen and oxygen atoms in total. The number of benzene rings is 3. The van der Waals surface area contributed by atoms with Gasteiger partial charge >= 0.3 is 0 Å². The first kappa shape index (κ1) is 20.2. The van der Waals surface area contributed by atoms with E-state index >= 15 is 0 Å². The number of nitrogens with zero attached hydrogens (tertiary/aromatic N) is 3. The molecule has 32 heavy (non-hydrogen) atoms. The fraction of sp³-hybridized carbons (Fsp3) is 0.154. The van der Waals surface area contributed by atoms with Gasteiger partial charge in [0.25, 0.3) is 0 Å². The van der Waals surface area contributed by atoms with Gasteiger partial charge in [0.1, 0.15) is 5.82 Å². The molecule has 2 heterocycles. The molecule has 0 bridgehead atoms. The minimum absolute atomic E-state index is 0.294. The van der Waals surface area contributed by atoms with Crippen LogP contribution in [0.1, 0.15) is 27.2 Å². The Bertz CT molecular complexity index is 1310. The molecule has 6 heteroatoms. The van der Waals surface area contributed by atoms with Crippen molar-refractivity contribution in [1.82, 2.24) is 14.7 Å². The topological polar surface area (TPSA) is 64.2 Å². The Morgan fingerprint density at radius 3 is 2.44 bits per heavy atom. The van der Waals surface area contributed by atoms with E-state index in [-0.39, 0.29) is 5.82 Å². The van der Waals surface area contributed by atoms with E-state index in [1.807, 2.05) is 60.3 Å². The molecule has 4 aromatic rings. The summed E-state index contributed by atoms with van der Waals surface area (Å²) < 4.78 is 16.7. The van der Waals surface area contributed by atoms with Gasteiger partial charge in [-0.1, -0.05) is 54.6 Å². The van der Waals surface area contributed by atoms with E-state index in [9.17, 15) is 9.18 Å². The number of amides is 1. The number of hydrogen-bond acceptors (Lipinski definition) is 3. The van der Waals surface area contributed by atoms with Gasteiger partial charge in [-0.2, -0.15) is 5.10 Å². The Kier molecular flexibility index (Phi) is 5.07. The monoisotopic (exact) mass is 426 g/mol. The first-order valence-electron chi connectivity index (χ1n) is 10.5. The molecule has 0 saturated carbocycles. The highest BCUT2D eigenvalue weighted by molar-refractivity contribution is 5.96. The number of primary amides is 1. The molecule has 1 amide bonds. The Morgan fingerprint density at radius 1 is 0.969 bits per heavy atom. The second-order valence-electron chi connectivity index (χ2n) is 8.15. The van der Waals surface area contributed by atoms with Gasteiger partial charge in [-0.15, -0.1) is 0 Å². The van der Waals surface area contributed by atoms with E-state index in [0.717, 1.165) is 33.6 Å². The van der Waals surface area contributed by atoms with Crippen molar-refractivity contribution in [3.8, 4) is 22.4 Å². The van der Waals surface area contributed by atoms with Crippen molar-refractivity contribution in [3.05, 3.63) is 101 Å². The molecule has 2 N–H and O–H groups in total. The highest BCUT2D eigenvalue weighted by Gasteiger charge is 2.28. The third-order valence-corrected chi connectivity index (χ3v) is 5.94. The zero-order valence-corrected chi connectivity index (χ0v) is 17.8. The maximum atomic E-state index is 14.9. The van der Waals surface area contributed by atoms with Crippen molar-refractivity contribution in [2.45, 2.75) is 19.6 Å². The van der Waals surface area contributed by atoms with E-state index in [1.54, 1.807) is 18.2 Å². The summed E-state index contributed by atoms with van der Waals surface area (Å²) in [5.41, 5.74) is 12.1. The van der Waals surface area contributed by atoms with Gasteiger partial charge in [-0.3, -0.25) is 14.4 Å². The molecule has 0 fully saturated rings. The van der Waals surface area contributed by atoms with Crippen LogP contribution in [0.4, 0.5) is 4.39 Å². The molecule has 0 spiro atoms. The molecular weight excluding hydrogens is 403 g/mol. The van der Waals surface area contributed by atoms with Crippen molar-refractivity contribution in [2.75, 3.05) is 7.05 Å². The minimum atomic E-state index is -0.496. The molecule has 1 aliphatic rings. The standard InChI is InChI=1S/C26H23FN4O/c1-30-14-22-24(16-30)29-31(25(22)20-10-5-6-13-23(20)27)15-21-18(17-8-3-2-4-9-17)11-7-12-19(21)26(28)32/h2-13H,14-16H2,1H3,(H2,28,32). The van der Waals surface area contributed by atoms with Crippen LogP contribution in [0, 0.1) is 5.82 Å². The summed E-state index contributed by atoms with van der Waals surface area (Å²) in [5.74, 6) is -0.790. The van der Waals surface area contributed by atoms with Gasteiger partial charge in [0, 0.05) is 29.8 Å². The van der Waals surface area contributed by atoms with Crippen LogP contribution in [0.3, 0.4) is 0 Å². The average molecular weight is 426 g/mol. The number of aromatic nitrogens is 2. The van der Waals surface area contributed by atoms with Crippen molar-refractivity contribution in [3.63, 3.8) is 0 Å². The van der Waals surface area contributed by atoms with Crippen LogP contribution in [0.2, 0.25) is 0 Å². The van der Waals surface area contributed by atoms with Gasteiger partial charge in [0.05, 0.1) is 17.9 Å². The maximum Gasteiger partial charge on any atom is 0.249 e. The maximum absolute atomic E-state index is 14.9. The summed E-state index contributed by atoms with van der Waals surface area (Å²) in [6.45, 7) is 1.71. The predicted octanol–water partition coefficient (Wildman–Crippen LogP) is 4.45. The van der Waals surface area contributed by atoms with Crippen LogP contribution < -0.4 is 5.73 Å². The van der Waals surface area contributed by atoms with Crippen molar-refractivity contribution in [2.24, 2.45) is 5.73 Å². The number of halogens is 1. The molecule has 5 rings (SSSR count). The third kappa shape index (κ3) is 3.48. The SMILES string of the molecule is CN1Cc2nn(Cc3c(C(N)=O)cccc3-c3ccccc3)c(-c3ccccc3F)c2C1. The molecule has 0 unspecified atom stereocenters. The molecule has 0 radical (unpaired) electrons. The predicted molar refractivity (Wildman–Crippen MR) is 122 cm³/mol. The average Bonchev–Trinajstić information content (AvgIpc) is 3.30. The second kappa shape index (κ2) is 8.05. The fourth-order valence-electron chi connectivity index (χ4n) is 4.52. The van der Waals surface area contributed by atoms with E-state index in [4.69, 9.17) is 10.8 Å². The number of fused-ring (bicyclic) bond motifs is 1. The van der Waals surface area contributed by atoms with Gasteiger partial charge in [-0.25, -0.2) is 4.39 Å². The Labute approximate surface area is 185 Å². The minimum Gasteiger partial charge on any atom is -0.366 e. The van der Waals surface area contributed by atoms with Gasteiger partial charge in [0.15, 0.2) is 0 Å². The summed E-state index contributed by atoms with van der Waals surface area (Å²) in [4.78, 5) is 14.5. The van der Waals surface area contributed by atoms with Crippen molar-refractivity contribution >= 4 is 5.91 Å². The molecule has 0 atom stereocenters. The van der Waals surface area contributed by atoms with E-state index in [0.29, 0.717) is 30.8 Å². The van der Waals surface area contributed by atoms with Crippen molar-refractivity contribution < 1.29 is 9.18 Å². The Morgan fingerprint density at radius 2 is 1.69 bits per heavy atom. The number of carbonyl (C=O) groups is 1. The first-order valence-corrected chi connectivity index (χ1v) is 10.5. The van der Waals surface area contributed by atoms with Gasteiger partial charge in [0.2, 0.25) is 5.91 Å². The summed E-state index contributed by atoms with van der Waals surface area (Å²) in [7, 11) is 2.02. The highest BCUT2D eigenvalue weighted by atomic mass is 19.1. The lowest BCUT2D eigenvalue weighted by Gasteiger charge is -2.17. The zero-order chi connectivity index (χ0) is 22.2. The molecule has 3 aromatic carbocycles. The van der Waals surface area contributed by atoms with Crippen LogP contribution in [-0.4, -0.2) is 27.6 Å². The summed E-state index contributed by atoms with van der Waals surface area (Å²) in [5, 5.41) is 4.85. The lowest BCUT2D eigenvalue weighted by atomic mass is 9.94. The molecule has 0 saturated heterocycles. The normalized spacial score (nSPS) is 13.3. The van der Waals surface area contributed by atoms with Gasteiger partial charge in [-0.05, 0) is 41.9 Å². The number of rotatable bonds is 5. The first-order chi connectivity index (χ1) is 15.5. The van der Waals surface area contributed by atoms with E-state index in [2.05, 4.69) is 4.90 Å². The molecule has 160 valence electrons. The Balaban J connectivity index is 1.70. The van der Waals surface area contributed by atoms with Crippen LogP contribution in [0.5, 0.6) is 0 Å². The lowest BCUT2D eigenvalue weighted by molar-refractivity contribution is 0.0999. The van der Waals surface area contributed by atoms with Crippen LogP contribution in [-0.2, 0) is 19.6 Å². The molecule has 1 aliphatic heterocycles. The van der Waals surface area contributed by atoms with Crippen LogP contribution in [0.25, 0.3) is 22.4 Å². The number of carbonyl (C=O) groups excluding carboxylic acids is 1. The summed E-state index contributed by atoms with van der Waals surface area (Å²) in [6, 6.07) is 22.2. The zero-order valence-electron chi connectivity index (χ0n) is 17.8. The molecule has 0 aliphatic carbocycles. The quantitative estimate of drug-likeness (QED) is 0.513. The third-order valence-electron chi connectivity index (χ3n) is 5.94. The van der Waals surface area contributed by atoms with Gasteiger partial charge < -0.3 is 5.73 Å².